The van der Waals surface area contributed by atoms with Crippen molar-refractivity contribution in [3.05, 3.63) is 45.7 Å². The zero-order valence-corrected chi connectivity index (χ0v) is 12.0. The summed E-state index contributed by atoms with van der Waals surface area (Å²) in [6.07, 6.45) is 1.68. The third-order valence-corrected chi connectivity index (χ3v) is 3.01. The maximum Gasteiger partial charge on any atom is 0.222 e. The quantitative estimate of drug-likeness (QED) is 0.933. The van der Waals surface area contributed by atoms with Crippen LogP contribution < -0.4 is 10.1 Å². The Hall–Kier alpha value is -1.33. The maximum atomic E-state index is 6.03. The minimum Gasteiger partial charge on any atom is -0.486 e. The Morgan fingerprint density at radius 3 is 3.00 bits per heavy atom. The molecule has 94 valence electrons. The molecule has 0 amide bonds. The Balaban J connectivity index is 2.08. The standard InChI is InChI=1S/C12H11BrClN3O/c1-15-12-16-5-4-9(17-12)7-18-11-6-8(13)2-3-10(11)14/h2-6H,7H2,1H3,(H,15,16,17). The molecule has 1 aromatic heterocycles. The van der Waals surface area contributed by atoms with Crippen LogP contribution in [-0.2, 0) is 6.61 Å². The third kappa shape index (κ3) is 3.34. The molecule has 0 radical (unpaired) electrons. The first-order valence-electron chi connectivity index (χ1n) is 5.26. The molecule has 0 aliphatic rings. The molecule has 1 heterocycles. The van der Waals surface area contributed by atoms with Crippen molar-refractivity contribution >= 4 is 33.5 Å². The fourth-order valence-corrected chi connectivity index (χ4v) is 1.85. The molecule has 0 saturated carbocycles. The van der Waals surface area contributed by atoms with E-state index in [1.54, 1.807) is 25.4 Å². The molecule has 1 aromatic carbocycles. The van der Waals surface area contributed by atoms with Crippen LogP contribution in [0.25, 0.3) is 0 Å². The van der Waals surface area contributed by atoms with E-state index in [9.17, 15) is 0 Å². The molecular weight excluding hydrogens is 318 g/mol. The van der Waals surface area contributed by atoms with Gasteiger partial charge in [0.05, 0.1) is 10.7 Å². The van der Waals surface area contributed by atoms with Gasteiger partial charge in [-0.15, -0.1) is 0 Å². The number of hydrogen-bond acceptors (Lipinski definition) is 4. The zero-order chi connectivity index (χ0) is 13.0. The predicted octanol–water partition coefficient (Wildman–Crippen LogP) is 3.51. The molecule has 0 saturated heterocycles. The molecule has 18 heavy (non-hydrogen) atoms. The van der Waals surface area contributed by atoms with E-state index in [-0.39, 0.29) is 0 Å². The molecule has 0 bridgehead atoms. The minimum absolute atomic E-state index is 0.341. The molecule has 0 spiro atoms. The van der Waals surface area contributed by atoms with Crippen molar-refractivity contribution in [2.75, 3.05) is 12.4 Å². The van der Waals surface area contributed by atoms with E-state index >= 15 is 0 Å². The van der Waals surface area contributed by atoms with E-state index in [2.05, 4.69) is 31.2 Å². The molecular formula is C12H11BrClN3O. The lowest BCUT2D eigenvalue weighted by Crippen LogP contribution is -2.02. The van der Waals surface area contributed by atoms with Gasteiger partial charge < -0.3 is 10.1 Å². The van der Waals surface area contributed by atoms with Crippen molar-refractivity contribution in [3.63, 3.8) is 0 Å². The first-order valence-corrected chi connectivity index (χ1v) is 6.43. The van der Waals surface area contributed by atoms with Gasteiger partial charge in [0.1, 0.15) is 12.4 Å². The minimum atomic E-state index is 0.341. The van der Waals surface area contributed by atoms with E-state index in [1.807, 2.05) is 12.1 Å². The molecule has 0 fully saturated rings. The van der Waals surface area contributed by atoms with E-state index in [0.717, 1.165) is 10.2 Å². The number of anilines is 1. The fourth-order valence-electron chi connectivity index (χ4n) is 1.34. The maximum absolute atomic E-state index is 6.03. The van der Waals surface area contributed by atoms with Crippen LogP contribution in [0.5, 0.6) is 5.75 Å². The van der Waals surface area contributed by atoms with E-state index in [1.165, 1.54) is 0 Å². The van der Waals surface area contributed by atoms with Gasteiger partial charge in [-0.1, -0.05) is 27.5 Å². The van der Waals surface area contributed by atoms with E-state index in [4.69, 9.17) is 16.3 Å². The van der Waals surface area contributed by atoms with Gasteiger partial charge in [0.15, 0.2) is 0 Å². The lowest BCUT2D eigenvalue weighted by molar-refractivity contribution is 0.301. The highest BCUT2D eigenvalue weighted by atomic mass is 79.9. The van der Waals surface area contributed by atoms with Crippen LogP contribution in [0.2, 0.25) is 5.02 Å². The summed E-state index contributed by atoms with van der Waals surface area (Å²) in [5, 5.41) is 3.45. The van der Waals surface area contributed by atoms with Gasteiger partial charge in [-0.2, -0.15) is 0 Å². The van der Waals surface area contributed by atoms with Gasteiger partial charge in [0, 0.05) is 17.7 Å². The molecule has 0 atom stereocenters. The average Bonchev–Trinajstić information content (AvgIpc) is 2.40. The van der Waals surface area contributed by atoms with Crippen LogP contribution in [0.1, 0.15) is 5.69 Å². The summed E-state index contributed by atoms with van der Waals surface area (Å²) in [5.74, 6) is 1.19. The third-order valence-electron chi connectivity index (χ3n) is 2.21. The van der Waals surface area contributed by atoms with Gasteiger partial charge in [0.25, 0.3) is 0 Å². The molecule has 4 nitrogen and oxygen atoms in total. The highest BCUT2D eigenvalue weighted by Gasteiger charge is 2.04. The second-order valence-electron chi connectivity index (χ2n) is 3.49. The highest BCUT2D eigenvalue weighted by Crippen LogP contribution is 2.28. The largest absolute Gasteiger partial charge is 0.486 e. The average molecular weight is 329 g/mol. The number of halogens is 2. The Morgan fingerprint density at radius 2 is 2.22 bits per heavy atom. The smallest absolute Gasteiger partial charge is 0.222 e. The Labute approximate surface area is 118 Å². The SMILES string of the molecule is CNc1nccc(COc2cc(Br)ccc2Cl)n1. The summed E-state index contributed by atoms with van der Waals surface area (Å²) in [7, 11) is 1.77. The molecule has 1 N–H and O–H groups in total. The van der Waals surface area contributed by atoms with Gasteiger partial charge in [-0.05, 0) is 24.3 Å². The van der Waals surface area contributed by atoms with E-state index in [0.29, 0.717) is 23.3 Å². The highest BCUT2D eigenvalue weighted by molar-refractivity contribution is 9.10. The predicted molar refractivity (Wildman–Crippen MR) is 75.1 cm³/mol. The molecule has 2 aromatic rings. The lowest BCUT2D eigenvalue weighted by Gasteiger charge is -2.08. The Bertz CT molecular complexity index is 551. The van der Waals surface area contributed by atoms with Crippen LogP contribution in [0, 0.1) is 0 Å². The summed E-state index contributed by atoms with van der Waals surface area (Å²) < 4.78 is 6.54. The second kappa shape index (κ2) is 6.02. The first-order chi connectivity index (χ1) is 8.69. The van der Waals surface area contributed by atoms with Gasteiger partial charge in [-0.3, -0.25) is 0 Å². The molecule has 6 heteroatoms. The monoisotopic (exact) mass is 327 g/mol. The number of rotatable bonds is 4. The Kier molecular flexibility index (Phi) is 4.38. The van der Waals surface area contributed by atoms with Crippen molar-refractivity contribution in [2.24, 2.45) is 0 Å². The topological polar surface area (TPSA) is 47.0 Å². The number of benzene rings is 1. The summed E-state index contributed by atoms with van der Waals surface area (Å²) in [4.78, 5) is 8.29. The van der Waals surface area contributed by atoms with Crippen molar-refractivity contribution in [1.29, 1.82) is 0 Å². The first kappa shape index (κ1) is 13.1. The van der Waals surface area contributed by atoms with Crippen LogP contribution in [0.15, 0.2) is 34.9 Å². The lowest BCUT2D eigenvalue weighted by atomic mass is 10.3. The van der Waals surface area contributed by atoms with Crippen LogP contribution in [-0.4, -0.2) is 17.0 Å². The van der Waals surface area contributed by atoms with Crippen molar-refractivity contribution in [3.8, 4) is 5.75 Å². The summed E-state index contributed by atoms with van der Waals surface area (Å²) in [6, 6.07) is 7.26. The molecule has 0 aliphatic heterocycles. The fraction of sp³-hybridized carbons (Fsp3) is 0.167. The normalized spacial score (nSPS) is 10.2. The van der Waals surface area contributed by atoms with Crippen molar-refractivity contribution in [1.82, 2.24) is 9.97 Å². The number of ether oxygens (including phenoxy) is 1. The van der Waals surface area contributed by atoms with Crippen LogP contribution in [0.4, 0.5) is 5.95 Å². The molecule has 0 unspecified atom stereocenters. The number of nitrogens with zero attached hydrogens (tertiary/aromatic N) is 2. The summed E-state index contributed by atoms with van der Waals surface area (Å²) in [6.45, 7) is 0.341. The Morgan fingerprint density at radius 1 is 1.39 bits per heavy atom. The van der Waals surface area contributed by atoms with Gasteiger partial charge in [-0.25, -0.2) is 9.97 Å². The molecule has 0 aliphatic carbocycles. The van der Waals surface area contributed by atoms with Crippen molar-refractivity contribution < 1.29 is 4.74 Å². The van der Waals surface area contributed by atoms with E-state index < -0.39 is 0 Å². The second-order valence-corrected chi connectivity index (χ2v) is 4.81. The van der Waals surface area contributed by atoms with Gasteiger partial charge in [0.2, 0.25) is 5.95 Å². The summed E-state index contributed by atoms with van der Waals surface area (Å²) >= 11 is 9.40. The molecule has 2 rings (SSSR count). The van der Waals surface area contributed by atoms with Gasteiger partial charge >= 0.3 is 0 Å². The number of aromatic nitrogens is 2. The van der Waals surface area contributed by atoms with Crippen LogP contribution in [0.3, 0.4) is 0 Å². The summed E-state index contributed by atoms with van der Waals surface area (Å²) in [5.41, 5.74) is 0.783. The zero-order valence-electron chi connectivity index (χ0n) is 9.65. The number of hydrogen-bond donors (Lipinski definition) is 1. The van der Waals surface area contributed by atoms with Crippen molar-refractivity contribution in [2.45, 2.75) is 6.61 Å². The number of nitrogens with one attached hydrogen (secondary N) is 1. The van der Waals surface area contributed by atoms with Crippen LogP contribution >= 0.6 is 27.5 Å².